The summed E-state index contributed by atoms with van der Waals surface area (Å²) in [4.78, 5) is 0. The summed E-state index contributed by atoms with van der Waals surface area (Å²) in [6, 6.07) is 0. The molecule has 1 radical (unpaired) electrons. The summed E-state index contributed by atoms with van der Waals surface area (Å²) >= 11 is 0. The summed E-state index contributed by atoms with van der Waals surface area (Å²) in [5.74, 6) is 1.84. The van der Waals surface area contributed by atoms with Crippen LogP contribution in [0.15, 0.2) is 0 Å². The monoisotopic (exact) mass is 683 g/mol. The van der Waals surface area contributed by atoms with Gasteiger partial charge < -0.3 is 51.4 Å². The van der Waals surface area contributed by atoms with Crippen LogP contribution in [-0.2, 0) is 34.1 Å². The fourth-order valence-corrected chi connectivity index (χ4v) is 5.20. The van der Waals surface area contributed by atoms with Gasteiger partial charge in [-0.1, -0.05) is 131 Å². The minimum absolute atomic E-state index is 0. The SMILES string of the molecule is CCCC[CH-]CC[CH-]CC[CH-]CC[CH-]CCCCC.CCC[CH-]C[CH-]CC(CC)CCC(C)CCC[CH-]CCCC.[Fe+3].[Fe+6]. The quantitative estimate of drug-likeness (QED) is 0.0367. The fraction of sp³-hybridized carbons (Fsp3) is 0.829. The van der Waals surface area contributed by atoms with Gasteiger partial charge in [0.15, 0.2) is 0 Å². The van der Waals surface area contributed by atoms with Crippen LogP contribution >= 0.6 is 0 Å². The number of hydrogen-bond acceptors (Lipinski definition) is 0. The molecule has 0 aromatic heterocycles. The summed E-state index contributed by atoms with van der Waals surface area (Å²) in [5, 5.41) is 0. The van der Waals surface area contributed by atoms with E-state index in [-0.39, 0.29) is 34.1 Å². The molecule has 257 valence electrons. The Kier molecular flexibility index (Phi) is 56.1. The Hall–Kier alpha value is 1.04. The molecule has 0 N–H and O–H groups in total. The van der Waals surface area contributed by atoms with Crippen molar-refractivity contribution in [2.24, 2.45) is 11.8 Å². The number of rotatable bonds is 33. The second kappa shape index (κ2) is 47.4. The Labute approximate surface area is 298 Å². The van der Waals surface area contributed by atoms with Crippen LogP contribution in [0.25, 0.3) is 0 Å². The van der Waals surface area contributed by atoms with Crippen LogP contribution in [0.1, 0.15) is 208 Å². The molecule has 43 heavy (non-hydrogen) atoms. The van der Waals surface area contributed by atoms with Crippen molar-refractivity contribution in [3.8, 4) is 0 Å². The maximum Gasteiger partial charge on any atom is 6.00 e. The zero-order valence-electron chi connectivity index (χ0n) is 30.3. The van der Waals surface area contributed by atoms with Crippen molar-refractivity contribution in [2.45, 2.75) is 208 Å². The molecule has 0 saturated heterocycles. The summed E-state index contributed by atoms with van der Waals surface area (Å²) in [6.07, 6.45) is 51.9. The topological polar surface area (TPSA) is 0 Å². The third-order valence-corrected chi connectivity index (χ3v) is 8.34. The number of unbranched alkanes of at least 4 members (excludes halogenated alkanes) is 25. The summed E-state index contributed by atoms with van der Waals surface area (Å²) in [6.45, 7) is 13.9. The molecule has 0 aromatic rings. The van der Waals surface area contributed by atoms with Crippen molar-refractivity contribution in [1.82, 2.24) is 0 Å². The maximum absolute atomic E-state index is 2.51. The molecule has 0 aliphatic heterocycles. The number of hydrogen-bond donors (Lipinski definition) is 0. The molecule has 0 fully saturated rings. The second-order valence-corrected chi connectivity index (χ2v) is 12.7. The van der Waals surface area contributed by atoms with Crippen LogP contribution in [0.4, 0.5) is 0 Å². The maximum atomic E-state index is 2.51. The molecule has 0 aromatic carbocycles. The Bertz CT molecular complexity index is 408. The van der Waals surface area contributed by atoms with Crippen molar-refractivity contribution in [1.29, 1.82) is 0 Å². The van der Waals surface area contributed by atoms with E-state index in [4.69, 9.17) is 0 Å². The van der Waals surface area contributed by atoms with E-state index in [1.54, 1.807) is 0 Å². The molecule has 0 bridgehead atoms. The van der Waals surface area contributed by atoms with Crippen LogP contribution < -0.4 is 0 Å². The normalized spacial score (nSPS) is 12.1. The van der Waals surface area contributed by atoms with Crippen LogP contribution in [0.2, 0.25) is 0 Å². The van der Waals surface area contributed by atoms with Crippen molar-refractivity contribution >= 4 is 0 Å². The molecule has 0 aliphatic carbocycles. The zero-order valence-corrected chi connectivity index (χ0v) is 32.5. The average molecular weight is 684 g/mol. The zero-order chi connectivity index (χ0) is 30.5. The third kappa shape index (κ3) is 47.6. The molecule has 0 heterocycles. The van der Waals surface area contributed by atoms with Gasteiger partial charge in [-0.15, -0.1) is 0 Å². The van der Waals surface area contributed by atoms with E-state index < -0.39 is 0 Å². The Morgan fingerprint density at radius 2 is 0.884 bits per heavy atom. The van der Waals surface area contributed by atoms with Gasteiger partial charge in [0.05, 0.1) is 0 Å². The molecular formula is C41H79Fe2+2. The van der Waals surface area contributed by atoms with Gasteiger partial charge in [0.2, 0.25) is 0 Å². The van der Waals surface area contributed by atoms with Crippen molar-refractivity contribution in [3.05, 3.63) is 44.9 Å². The fourth-order valence-electron chi connectivity index (χ4n) is 5.20. The van der Waals surface area contributed by atoms with E-state index in [9.17, 15) is 0 Å². The van der Waals surface area contributed by atoms with Gasteiger partial charge in [0.1, 0.15) is 0 Å². The van der Waals surface area contributed by atoms with E-state index in [0.29, 0.717) is 0 Å². The summed E-state index contributed by atoms with van der Waals surface area (Å²) in [5.41, 5.74) is 0. The van der Waals surface area contributed by atoms with Crippen molar-refractivity contribution in [2.75, 3.05) is 0 Å². The van der Waals surface area contributed by atoms with E-state index in [1.807, 2.05) is 0 Å². The van der Waals surface area contributed by atoms with E-state index >= 15 is 0 Å². The molecule has 0 rings (SSSR count). The van der Waals surface area contributed by atoms with Gasteiger partial charge in [0.25, 0.3) is 0 Å². The second-order valence-electron chi connectivity index (χ2n) is 12.7. The Morgan fingerprint density at radius 1 is 0.419 bits per heavy atom. The first-order valence-corrected chi connectivity index (χ1v) is 18.9. The van der Waals surface area contributed by atoms with Gasteiger partial charge in [-0.05, 0) is 5.92 Å². The minimum Gasteiger partial charge on any atom is -0.357 e. The summed E-state index contributed by atoms with van der Waals surface area (Å²) in [7, 11) is 0. The van der Waals surface area contributed by atoms with E-state index in [1.165, 1.54) is 167 Å². The molecule has 2 unspecified atom stereocenters. The summed E-state index contributed by atoms with van der Waals surface area (Å²) < 4.78 is 0. The van der Waals surface area contributed by atoms with E-state index in [2.05, 4.69) is 86.5 Å². The first-order chi connectivity index (χ1) is 20.2. The molecule has 0 aliphatic rings. The third-order valence-electron chi connectivity index (χ3n) is 8.34. The molecule has 0 saturated carbocycles. The van der Waals surface area contributed by atoms with Crippen molar-refractivity contribution in [3.63, 3.8) is 0 Å². The van der Waals surface area contributed by atoms with Gasteiger partial charge in [-0.3, -0.25) is 0 Å². The van der Waals surface area contributed by atoms with Gasteiger partial charge in [-0.25, -0.2) is 38.5 Å². The first kappa shape index (κ1) is 50.9. The molecule has 0 nitrogen and oxygen atoms in total. The largest absolute Gasteiger partial charge is 6.00 e. The molecular weight excluding hydrogens is 604 g/mol. The molecule has 2 heteroatoms. The van der Waals surface area contributed by atoms with E-state index in [0.717, 1.165) is 11.8 Å². The van der Waals surface area contributed by atoms with Gasteiger partial charge in [-0.2, -0.15) is 38.5 Å². The minimum atomic E-state index is 0. The smallest absolute Gasteiger partial charge is 0.357 e. The van der Waals surface area contributed by atoms with Gasteiger partial charge >= 0.3 is 34.1 Å². The van der Waals surface area contributed by atoms with Crippen LogP contribution in [0, 0.1) is 56.8 Å². The standard InChI is InChI=1S/C22H43.C19H36.2Fe/c1-5-8-10-12-14-15-17-21(4)19-20-22(7-3)18-16-13-11-9-6-2;1-3-5-7-9-11-13-15-17-19-18-16-14-12-10-8-6-4-2;;/h11-12,16,21-22H,5-10,13-15,17-20H2,1-4H3;9,12,15,18H,3-8,10-11,13-14,16-17,19H2,1-2H3;;/q-3;-4;+3;+6. The molecule has 0 spiro atoms. The molecule has 0 amide bonds. The van der Waals surface area contributed by atoms with Crippen molar-refractivity contribution < 1.29 is 34.1 Å². The average Bonchev–Trinajstić information content (AvgIpc) is 2.98. The van der Waals surface area contributed by atoms with Crippen LogP contribution in [0.3, 0.4) is 0 Å². The van der Waals surface area contributed by atoms with Crippen LogP contribution in [-0.4, -0.2) is 0 Å². The predicted octanol–water partition coefficient (Wildman–Crippen LogP) is 14.9. The Morgan fingerprint density at radius 3 is 1.37 bits per heavy atom. The first-order valence-electron chi connectivity index (χ1n) is 18.9. The van der Waals surface area contributed by atoms with Gasteiger partial charge in [0, 0.05) is 0 Å². The predicted molar refractivity (Wildman–Crippen MR) is 191 cm³/mol. The Balaban J connectivity index is -0.000000341. The van der Waals surface area contributed by atoms with Crippen LogP contribution in [0.5, 0.6) is 0 Å². The molecule has 2 atom stereocenters.